The van der Waals surface area contributed by atoms with Crippen molar-refractivity contribution < 1.29 is 0 Å². The van der Waals surface area contributed by atoms with Crippen molar-refractivity contribution in [2.75, 3.05) is 5.73 Å². The lowest BCUT2D eigenvalue weighted by Gasteiger charge is -2.07. The number of nitrogens with zero attached hydrogens (tertiary/aromatic N) is 4. The number of nitrogen functional groups attached to an aromatic ring is 1. The Morgan fingerprint density at radius 3 is 2.43 bits per heavy atom. The first kappa shape index (κ1) is 13.8. The monoisotopic (exact) mass is 297 g/mol. The zero-order valence-corrected chi connectivity index (χ0v) is 12.7. The molecule has 0 radical (unpaired) electrons. The van der Waals surface area contributed by atoms with E-state index in [1.54, 1.807) is 11.8 Å². The number of benzene rings is 1. The summed E-state index contributed by atoms with van der Waals surface area (Å²) in [4.78, 5) is 17.5. The molecule has 3 rings (SSSR count). The molecule has 0 amide bonds. The Morgan fingerprint density at radius 1 is 0.952 bits per heavy atom. The molecule has 106 valence electrons. The van der Waals surface area contributed by atoms with Gasteiger partial charge in [0.05, 0.1) is 11.4 Å². The average Bonchev–Trinajstić information content (AvgIpc) is 2.48. The summed E-state index contributed by atoms with van der Waals surface area (Å²) in [6, 6.07) is 10.2. The van der Waals surface area contributed by atoms with Crippen LogP contribution in [-0.2, 0) is 5.75 Å². The van der Waals surface area contributed by atoms with Gasteiger partial charge in [0.15, 0.2) is 5.65 Å². The number of hydrogen-bond donors (Lipinski definition) is 1. The lowest BCUT2D eigenvalue weighted by molar-refractivity contribution is 1.02. The van der Waals surface area contributed by atoms with Crippen LogP contribution in [0.4, 0.5) is 5.95 Å². The molecule has 2 heterocycles. The molecule has 0 bridgehead atoms. The second-order valence-corrected chi connectivity index (χ2v) is 5.69. The number of fused-ring (bicyclic) bond motifs is 1. The van der Waals surface area contributed by atoms with Crippen molar-refractivity contribution in [2.24, 2.45) is 0 Å². The van der Waals surface area contributed by atoms with Crippen LogP contribution in [0.2, 0.25) is 0 Å². The van der Waals surface area contributed by atoms with Gasteiger partial charge in [-0.2, -0.15) is 4.98 Å². The highest BCUT2D eigenvalue weighted by Gasteiger charge is 2.11. The summed E-state index contributed by atoms with van der Waals surface area (Å²) in [6.07, 6.45) is 0. The Kier molecular flexibility index (Phi) is 3.70. The van der Waals surface area contributed by atoms with Crippen molar-refractivity contribution in [1.82, 2.24) is 19.9 Å². The molecule has 21 heavy (non-hydrogen) atoms. The molecule has 0 spiro atoms. The maximum atomic E-state index is 5.78. The van der Waals surface area contributed by atoms with Gasteiger partial charge in [-0.05, 0) is 19.4 Å². The number of aromatic nitrogens is 4. The summed E-state index contributed by atoms with van der Waals surface area (Å²) in [7, 11) is 0. The van der Waals surface area contributed by atoms with Crippen LogP contribution in [0.5, 0.6) is 0 Å². The molecule has 3 aromatic rings. The van der Waals surface area contributed by atoms with Gasteiger partial charge in [-0.15, -0.1) is 0 Å². The van der Waals surface area contributed by atoms with Crippen molar-refractivity contribution in [3.63, 3.8) is 0 Å². The van der Waals surface area contributed by atoms with E-state index in [0.29, 0.717) is 11.2 Å². The Morgan fingerprint density at radius 2 is 1.67 bits per heavy atom. The minimum Gasteiger partial charge on any atom is -0.368 e. The van der Waals surface area contributed by atoms with Crippen LogP contribution in [0.15, 0.2) is 35.4 Å². The molecule has 0 atom stereocenters. The first-order valence-corrected chi connectivity index (χ1v) is 7.57. The Hall–Kier alpha value is -2.21. The molecule has 5 nitrogen and oxygen atoms in total. The number of nitrogens with two attached hydrogens (primary N) is 1. The highest BCUT2D eigenvalue weighted by atomic mass is 32.2. The van der Waals surface area contributed by atoms with Gasteiger partial charge in [0.25, 0.3) is 0 Å². The fourth-order valence-corrected chi connectivity index (χ4v) is 2.86. The fraction of sp³-hybridized carbons (Fsp3) is 0.200. The zero-order chi connectivity index (χ0) is 14.8. The van der Waals surface area contributed by atoms with E-state index in [2.05, 4.69) is 32.1 Å². The normalized spacial score (nSPS) is 11.0. The van der Waals surface area contributed by atoms with Gasteiger partial charge in [-0.3, -0.25) is 0 Å². The number of thioether (sulfide) groups is 1. The molecule has 0 fully saturated rings. The van der Waals surface area contributed by atoms with E-state index < -0.39 is 0 Å². The minimum absolute atomic E-state index is 0.232. The summed E-state index contributed by atoms with van der Waals surface area (Å²) in [5, 5.41) is 0.775. The lowest BCUT2D eigenvalue weighted by Crippen LogP contribution is -2.03. The van der Waals surface area contributed by atoms with Crippen LogP contribution in [0.25, 0.3) is 11.2 Å². The van der Waals surface area contributed by atoms with E-state index >= 15 is 0 Å². The minimum atomic E-state index is 0.232. The molecule has 2 N–H and O–H groups in total. The summed E-state index contributed by atoms with van der Waals surface area (Å²) in [5.74, 6) is 1.04. The third-order valence-electron chi connectivity index (χ3n) is 3.15. The molecule has 0 saturated carbocycles. The van der Waals surface area contributed by atoms with Crippen molar-refractivity contribution in [3.8, 4) is 0 Å². The molecule has 0 unspecified atom stereocenters. The number of rotatable bonds is 3. The summed E-state index contributed by atoms with van der Waals surface area (Å²) in [5.41, 5.74) is 10.0. The zero-order valence-electron chi connectivity index (χ0n) is 11.9. The Labute approximate surface area is 127 Å². The molecule has 6 heteroatoms. The highest BCUT2D eigenvalue weighted by Crippen LogP contribution is 2.27. The number of aryl methyl sites for hydroxylation is 2. The van der Waals surface area contributed by atoms with Gasteiger partial charge in [0, 0.05) is 5.75 Å². The molecule has 2 aromatic heterocycles. The van der Waals surface area contributed by atoms with Crippen LogP contribution < -0.4 is 5.73 Å². The van der Waals surface area contributed by atoms with Gasteiger partial charge in [0.2, 0.25) is 5.95 Å². The first-order valence-electron chi connectivity index (χ1n) is 6.58. The smallest absolute Gasteiger partial charge is 0.223 e. The quantitative estimate of drug-likeness (QED) is 0.591. The van der Waals surface area contributed by atoms with E-state index in [1.165, 1.54) is 5.56 Å². The van der Waals surface area contributed by atoms with Gasteiger partial charge < -0.3 is 5.73 Å². The third kappa shape index (κ3) is 2.95. The van der Waals surface area contributed by atoms with Crippen LogP contribution in [0.1, 0.15) is 17.0 Å². The Bertz CT molecular complexity index is 789. The van der Waals surface area contributed by atoms with Crippen molar-refractivity contribution in [1.29, 1.82) is 0 Å². The van der Waals surface area contributed by atoms with Crippen molar-refractivity contribution in [2.45, 2.75) is 24.6 Å². The van der Waals surface area contributed by atoms with Gasteiger partial charge in [0.1, 0.15) is 10.5 Å². The van der Waals surface area contributed by atoms with E-state index in [9.17, 15) is 0 Å². The second-order valence-electron chi connectivity index (χ2n) is 4.73. The average molecular weight is 297 g/mol. The Balaban J connectivity index is 1.99. The molecule has 0 aliphatic carbocycles. The number of anilines is 1. The topological polar surface area (TPSA) is 77.6 Å². The van der Waals surface area contributed by atoms with E-state index in [-0.39, 0.29) is 5.95 Å². The first-order chi connectivity index (χ1) is 10.1. The second kappa shape index (κ2) is 5.65. The van der Waals surface area contributed by atoms with Crippen LogP contribution in [0.3, 0.4) is 0 Å². The molecule has 0 aliphatic heterocycles. The maximum Gasteiger partial charge on any atom is 0.223 e. The van der Waals surface area contributed by atoms with Crippen LogP contribution in [-0.4, -0.2) is 19.9 Å². The fourth-order valence-electron chi connectivity index (χ4n) is 1.93. The third-order valence-corrected chi connectivity index (χ3v) is 4.18. The predicted molar refractivity (Wildman–Crippen MR) is 85.0 cm³/mol. The summed E-state index contributed by atoms with van der Waals surface area (Å²) in [6.45, 7) is 3.85. The molecule has 0 aliphatic rings. The van der Waals surface area contributed by atoms with E-state index in [1.807, 2.05) is 32.0 Å². The van der Waals surface area contributed by atoms with Crippen molar-refractivity contribution >= 4 is 28.9 Å². The lowest BCUT2D eigenvalue weighted by atomic mass is 10.2. The maximum absolute atomic E-state index is 5.78. The SMILES string of the molecule is Cc1nc2nc(N)nc(SCc3ccccc3)c2nc1C. The van der Waals surface area contributed by atoms with Crippen LogP contribution in [0, 0.1) is 13.8 Å². The van der Waals surface area contributed by atoms with E-state index in [4.69, 9.17) is 5.73 Å². The van der Waals surface area contributed by atoms with Gasteiger partial charge >= 0.3 is 0 Å². The highest BCUT2D eigenvalue weighted by molar-refractivity contribution is 7.98. The van der Waals surface area contributed by atoms with E-state index in [0.717, 1.165) is 22.2 Å². The predicted octanol–water partition coefficient (Wildman–Crippen LogP) is 2.91. The molecular formula is C15H15N5S. The van der Waals surface area contributed by atoms with Crippen LogP contribution >= 0.6 is 11.8 Å². The largest absolute Gasteiger partial charge is 0.368 e. The summed E-state index contributed by atoms with van der Waals surface area (Å²) < 4.78 is 0. The standard InChI is InChI=1S/C15H15N5S/c1-9-10(2)18-13-12(17-9)14(20-15(16)19-13)21-8-11-6-4-3-5-7-11/h3-7H,8H2,1-2H3,(H2,16,18,19,20). The number of hydrogen-bond acceptors (Lipinski definition) is 6. The summed E-state index contributed by atoms with van der Waals surface area (Å²) >= 11 is 1.60. The molecular weight excluding hydrogens is 282 g/mol. The molecule has 1 aromatic carbocycles. The van der Waals surface area contributed by atoms with Gasteiger partial charge in [-0.1, -0.05) is 42.1 Å². The molecule has 0 saturated heterocycles. The van der Waals surface area contributed by atoms with Crippen molar-refractivity contribution in [3.05, 3.63) is 47.3 Å². The van der Waals surface area contributed by atoms with Gasteiger partial charge in [-0.25, -0.2) is 15.0 Å².